The van der Waals surface area contributed by atoms with Crippen LogP contribution in [0.15, 0.2) is 42.7 Å². The number of carbonyl (C=O) groups is 1. The molecule has 1 amide bonds. The second-order valence-corrected chi connectivity index (χ2v) is 7.06. The Morgan fingerprint density at radius 3 is 2.81 bits per heavy atom. The predicted octanol–water partition coefficient (Wildman–Crippen LogP) is 3.18. The number of ether oxygens (including phenoxy) is 1. The Kier molecular flexibility index (Phi) is 4.58. The molecule has 0 radical (unpaired) electrons. The van der Waals surface area contributed by atoms with E-state index in [0.717, 1.165) is 28.1 Å². The minimum Gasteiger partial charge on any atom is -0.487 e. The van der Waals surface area contributed by atoms with Crippen molar-refractivity contribution in [2.75, 3.05) is 6.54 Å². The van der Waals surface area contributed by atoms with E-state index in [0.29, 0.717) is 23.7 Å². The molecule has 4 rings (SSSR count). The number of hydrogen-bond acceptors (Lipinski definition) is 4. The van der Waals surface area contributed by atoms with Crippen molar-refractivity contribution in [1.82, 2.24) is 20.1 Å². The second kappa shape index (κ2) is 7.04. The van der Waals surface area contributed by atoms with Crippen molar-refractivity contribution in [3.8, 4) is 16.9 Å². The van der Waals surface area contributed by atoms with Crippen LogP contribution in [0.4, 0.5) is 0 Å². The number of aromatic nitrogens is 3. The molecule has 138 valence electrons. The number of aryl methyl sites for hydroxylation is 2. The molecule has 2 aromatic heterocycles. The molecule has 1 aliphatic heterocycles. The quantitative estimate of drug-likeness (QED) is 0.752. The van der Waals surface area contributed by atoms with E-state index in [1.807, 2.05) is 31.2 Å². The number of nitrogens with zero attached hydrogens (tertiary/aromatic N) is 3. The molecule has 3 heterocycles. The summed E-state index contributed by atoms with van der Waals surface area (Å²) in [6.07, 6.45) is 4.03. The summed E-state index contributed by atoms with van der Waals surface area (Å²) in [6, 6.07) is 9.44. The Labute approximate surface area is 162 Å². The van der Waals surface area contributed by atoms with Gasteiger partial charge in [-0.15, -0.1) is 0 Å². The highest BCUT2D eigenvalue weighted by Gasteiger charge is 2.27. The van der Waals surface area contributed by atoms with Gasteiger partial charge in [0.1, 0.15) is 17.5 Å². The summed E-state index contributed by atoms with van der Waals surface area (Å²) >= 11 is 6.30. The van der Waals surface area contributed by atoms with Crippen molar-refractivity contribution in [1.29, 1.82) is 0 Å². The van der Waals surface area contributed by atoms with E-state index in [-0.39, 0.29) is 12.0 Å². The smallest absolute Gasteiger partial charge is 0.269 e. The lowest BCUT2D eigenvalue weighted by Crippen LogP contribution is -2.35. The lowest BCUT2D eigenvalue weighted by atomic mass is 10.0. The van der Waals surface area contributed by atoms with Crippen LogP contribution in [-0.4, -0.2) is 33.3 Å². The van der Waals surface area contributed by atoms with Gasteiger partial charge in [-0.3, -0.25) is 14.5 Å². The summed E-state index contributed by atoms with van der Waals surface area (Å²) in [4.78, 5) is 16.5. The van der Waals surface area contributed by atoms with Crippen LogP contribution in [0.1, 0.15) is 21.7 Å². The van der Waals surface area contributed by atoms with Crippen LogP contribution in [0, 0.1) is 6.92 Å². The summed E-state index contributed by atoms with van der Waals surface area (Å²) in [5, 5.41) is 7.81. The number of rotatable bonds is 4. The molecule has 1 aliphatic rings. The molecule has 7 heteroatoms. The fourth-order valence-corrected chi connectivity index (χ4v) is 3.62. The third kappa shape index (κ3) is 3.53. The molecule has 0 bridgehead atoms. The van der Waals surface area contributed by atoms with Gasteiger partial charge in [0.2, 0.25) is 0 Å². The normalized spacial score (nSPS) is 15.3. The number of hydrogen-bond donors (Lipinski definition) is 1. The molecule has 1 aromatic carbocycles. The van der Waals surface area contributed by atoms with E-state index in [1.165, 1.54) is 0 Å². The maximum atomic E-state index is 12.4. The average Bonchev–Trinajstić information content (AvgIpc) is 3.21. The zero-order valence-electron chi connectivity index (χ0n) is 15.1. The van der Waals surface area contributed by atoms with Gasteiger partial charge in [0, 0.05) is 42.0 Å². The van der Waals surface area contributed by atoms with Crippen LogP contribution in [0.5, 0.6) is 5.75 Å². The summed E-state index contributed by atoms with van der Waals surface area (Å²) in [5.41, 5.74) is 4.33. The van der Waals surface area contributed by atoms with Crippen molar-refractivity contribution in [3.05, 3.63) is 64.7 Å². The first-order valence-corrected chi connectivity index (χ1v) is 9.07. The minimum atomic E-state index is -0.162. The monoisotopic (exact) mass is 382 g/mol. The number of carbonyl (C=O) groups excluding carboxylic acids is 1. The number of fused-ring (bicyclic) bond motifs is 1. The number of pyridine rings is 1. The summed E-state index contributed by atoms with van der Waals surface area (Å²) in [6.45, 7) is 2.27. The lowest BCUT2D eigenvalue weighted by molar-refractivity contribution is 0.0924. The highest BCUT2D eigenvalue weighted by atomic mass is 35.5. The molecule has 1 atom stereocenters. The van der Waals surface area contributed by atoms with E-state index < -0.39 is 0 Å². The van der Waals surface area contributed by atoms with E-state index in [4.69, 9.17) is 16.3 Å². The van der Waals surface area contributed by atoms with Crippen LogP contribution in [0.25, 0.3) is 11.1 Å². The van der Waals surface area contributed by atoms with Gasteiger partial charge in [-0.05, 0) is 42.8 Å². The van der Waals surface area contributed by atoms with Gasteiger partial charge in [-0.25, -0.2) is 0 Å². The Balaban J connectivity index is 1.50. The van der Waals surface area contributed by atoms with E-state index >= 15 is 0 Å². The zero-order chi connectivity index (χ0) is 19.0. The van der Waals surface area contributed by atoms with Gasteiger partial charge >= 0.3 is 0 Å². The maximum absolute atomic E-state index is 12.4. The number of halogens is 1. The molecule has 27 heavy (non-hydrogen) atoms. The Bertz CT molecular complexity index is 1000. The van der Waals surface area contributed by atoms with E-state index in [2.05, 4.69) is 15.4 Å². The minimum absolute atomic E-state index is 0.141. The molecule has 6 nitrogen and oxygen atoms in total. The molecule has 0 saturated carbocycles. The highest BCUT2D eigenvalue weighted by Crippen LogP contribution is 2.40. The second-order valence-electron chi connectivity index (χ2n) is 6.63. The molecule has 1 unspecified atom stereocenters. The number of nitrogens with one attached hydrogen (secondary N) is 1. The number of benzene rings is 1. The van der Waals surface area contributed by atoms with Crippen molar-refractivity contribution < 1.29 is 9.53 Å². The average molecular weight is 383 g/mol. The zero-order valence-corrected chi connectivity index (χ0v) is 15.8. The molecule has 0 saturated heterocycles. The van der Waals surface area contributed by atoms with E-state index in [9.17, 15) is 4.79 Å². The molecular weight excluding hydrogens is 364 g/mol. The highest BCUT2D eigenvalue weighted by molar-refractivity contribution is 6.31. The van der Waals surface area contributed by atoms with Crippen LogP contribution < -0.4 is 10.1 Å². The van der Waals surface area contributed by atoms with Crippen LogP contribution in [0.2, 0.25) is 5.02 Å². The van der Waals surface area contributed by atoms with Gasteiger partial charge in [-0.1, -0.05) is 11.6 Å². The van der Waals surface area contributed by atoms with Gasteiger partial charge in [0.25, 0.3) is 5.91 Å². The Morgan fingerprint density at radius 2 is 2.11 bits per heavy atom. The topological polar surface area (TPSA) is 69.0 Å². The summed E-state index contributed by atoms with van der Waals surface area (Å²) in [5.74, 6) is 0.659. The molecular formula is C20H19ClN4O2. The van der Waals surface area contributed by atoms with Crippen LogP contribution in [-0.2, 0) is 13.5 Å². The lowest BCUT2D eigenvalue weighted by Gasteiger charge is -2.14. The largest absolute Gasteiger partial charge is 0.487 e. The van der Waals surface area contributed by atoms with Crippen LogP contribution >= 0.6 is 11.6 Å². The molecule has 3 aromatic rings. The molecule has 1 N–H and O–H groups in total. The van der Waals surface area contributed by atoms with Crippen molar-refractivity contribution in [2.24, 2.45) is 7.05 Å². The van der Waals surface area contributed by atoms with Gasteiger partial charge < -0.3 is 10.1 Å². The van der Waals surface area contributed by atoms with Crippen molar-refractivity contribution >= 4 is 17.5 Å². The first kappa shape index (κ1) is 17.5. The molecule has 0 aliphatic carbocycles. The van der Waals surface area contributed by atoms with Crippen molar-refractivity contribution in [2.45, 2.75) is 19.4 Å². The maximum Gasteiger partial charge on any atom is 0.269 e. The SMILES string of the molecule is Cc1cc(C(=O)NCC2Cc3cc(Cl)cc(-c4ccncc4)c3O2)n(C)n1. The Morgan fingerprint density at radius 1 is 1.33 bits per heavy atom. The third-order valence-electron chi connectivity index (χ3n) is 4.58. The third-order valence-corrected chi connectivity index (χ3v) is 4.80. The van der Waals surface area contributed by atoms with Gasteiger partial charge in [0.05, 0.1) is 12.2 Å². The summed E-state index contributed by atoms with van der Waals surface area (Å²) < 4.78 is 7.73. The van der Waals surface area contributed by atoms with E-state index in [1.54, 1.807) is 30.2 Å². The fourth-order valence-electron chi connectivity index (χ4n) is 3.37. The molecule has 0 fully saturated rings. The summed E-state index contributed by atoms with van der Waals surface area (Å²) in [7, 11) is 1.76. The number of amides is 1. The van der Waals surface area contributed by atoms with Gasteiger partial charge in [0.15, 0.2) is 0 Å². The Hall–Kier alpha value is -2.86. The van der Waals surface area contributed by atoms with Crippen LogP contribution in [0.3, 0.4) is 0 Å². The first-order chi connectivity index (χ1) is 13.0. The standard InChI is InChI=1S/C20H19ClN4O2/c1-12-7-18(25(2)24-12)20(26)23-11-16-9-14-8-15(21)10-17(19(14)27-16)13-3-5-22-6-4-13/h3-8,10,16H,9,11H2,1-2H3,(H,23,26). The fraction of sp³-hybridized carbons (Fsp3) is 0.250. The van der Waals surface area contributed by atoms with Crippen molar-refractivity contribution in [3.63, 3.8) is 0 Å². The van der Waals surface area contributed by atoms with Gasteiger partial charge in [-0.2, -0.15) is 5.10 Å². The molecule has 0 spiro atoms. The predicted molar refractivity (Wildman–Crippen MR) is 103 cm³/mol. The first-order valence-electron chi connectivity index (χ1n) is 8.69.